The van der Waals surface area contributed by atoms with E-state index in [-0.39, 0.29) is 15.6 Å². The van der Waals surface area contributed by atoms with Gasteiger partial charge in [-0.15, -0.1) is 0 Å². The van der Waals surface area contributed by atoms with Crippen LogP contribution in [-0.4, -0.2) is 10.8 Å². The minimum atomic E-state index is -0.677. The monoisotopic (exact) mass is 295 g/mol. The quantitative estimate of drug-likeness (QED) is 0.476. The van der Waals surface area contributed by atoms with E-state index >= 15 is 0 Å². The standard InChI is InChI=1S/C14H8Cl2FNO/c15-11-7-12(16)13(17)6-10(11)14(19)4-3-9-2-1-5-18-8-9/h1-8H. The molecular formula is C14H8Cl2FNO. The number of carbonyl (C=O) groups excluding carboxylic acids is 1. The number of rotatable bonds is 3. The van der Waals surface area contributed by atoms with Gasteiger partial charge in [-0.3, -0.25) is 9.78 Å². The van der Waals surface area contributed by atoms with Crippen molar-refractivity contribution < 1.29 is 9.18 Å². The van der Waals surface area contributed by atoms with Gasteiger partial charge in [-0.1, -0.05) is 29.3 Å². The van der Waals surface area contributed by atoms with Crippen LogP contribution in [0.15, 0.2) is 42.7 Å². The van der Waals surface area contributed by atoms with Crippen molar-refractivity contribution in [2.24, 2.45) is 0 Å². The van der Waals surface area contributed by atoms with Crippen molar-refractivity contribution in [3.8, 4) is 0 Å². The fraction of sp³-hybridized carbons (Fsp3) is 0. The van der Waals surface area contributed by atoms with Crippen LogP contribution in [0.25, 0.3) is 6.08 Å². The molecule has 0 fully saturated rings. The summed E-state index contributed by atoms with van der Waals surface area (Å²) in [7, 11) is 0. The molecule has 0 N–H and O–H groups in total. The molecule has 1 aromatic heterocycles. The summed E-state index contributed by atoms with van der Waals surface area (Å²) in [6.45, 7) is 0. The Labute approximate surface area is 119 Å². The molecule has 0 saturated carbocycles. The largest absolute Gasteiger partial charge is 0.289 e. The van der Waals surface area contributed by atoms with Gasteiger partial charge in [0.1, 0.15) is 5.82 Å². The highest BCUT2D eigenvalue weighted by atomic mass is 35.5. The molecule has 0 unspecified atom stereocenters. The maximum absolute atomic E-state index is 13.3. The lowest BCUT2D eigenvalue weighted by Gasteiger charge is -2.02. The summed E-state index contributed by atoms with van der Waals surface area (Å²) in [6, 6.07) is 5.78. The van der Waals surface area contributed by atoms with E-state index in [0.717, 1.165) is 11.6 Å². The second kappa shape index (κ2) is 5.95. The summed E-state index contributed by atoms with van der Waals surface area (Å²) < 4.78 is 13.3. The van der Waals surface area contributed by atoms with E-state index in [2.05, 4.69) is 4.98 Å². The number of carbonyl (C=O) groups is 1. The second-order valence-electron chi connectivity index (χ2n) is 3.73. The van der Waals surface area contributed by atoms with E-state index in [4.69, 9.17) is 23.2 Å². The number of halogens is 3. The van der Waals surface area contributed by atoms with E-state index in [1.165, 1.54) is 12.1 Å². The molecule has 2 nitrogen and oxygen atoms in total. The summed E-state index contributed by atoms with van der Waals surface area (Å²) in [6.07, 6.45) is 6.13. The molecule has 1 heterocycles. The molecule has 0 amide bonds. The molecule has 19 heavy (non-hydrogen) atoms. The molecule has 2 rings (SSSR count). The summed E-state index contributed by atoms with van der Waals surface area (Å²) in [4.78, 5) is 15.8. The van der Waals surface area contributed by atoms with Crippen molar-refractivity contribution in [1.82, 2.24) is 4.98 Å². The van der Waals surface area contributed by atoms with E-state index in [1.54, 1.807) is 30.6 Å². The third-order valence-corrected chi connectivity index (χ3v) is 2.99. The minimum Gasteiger partial charge on any atom is -0.289 e. The first-order valence-electron chi connectivity index (χ1n) is 5.35. The normalized spacial score (nSPS) is 10.9. The summed E-state index contributed by atoms with van der Waals surface area (Å²) in [5.74, 6) is -1.08. The van der Waals surface area contributed by atoms with Gasteiger partial charge < -0.3 is 0 Å². The second-order valence-corrected chi connectivity index (χ2v) is 4.54. The van der Waals surface area contributed by atoms with E-state index in [9.17, 15) is 9.18 Å². The molecule has 0 bridgehead atoms. The lowest BCUT2D eigenvalue weighted by atomic mass is 10.1. The third kappa shape index (κ3) is 3.40. The number of hydrogen-bond acceptors (Lipinski definition) is 2. The average molecular weight is 296 g/mol. The summed E-state index contributed by atoms with van der Waals surface area (Å²) in [5.41, 5.74) is 0.838. The van der Waals surface area contributed by atoms with Crippen molar-refractivity contribution in [3.63, 3.8) is 0 Å². The molecular weight excluding hydrogens is 288 g/mol. The van der Waals surface area contributed by atoms with E-state index in [0.29, 0.717) is 0 Å². The highest BCUT2D eigenvalue weighted by Crippen LogP contribution is 2.25. The Hall–Kier alpha value is -1.71. The number of aromatic nitrogens is 1. The maximum Gasteiger partial charge on any atom is 0.187 e. The first-order valence-corrected chi connectivity index (χ1v) is 6.10. The first kappa shape index (κ1) is 13.7. The molecule has 0 aliphatic heterocycles. The molecule has 0 aliphatic carbocycles. The lowest BCUT2D eigenvalue weighted by molar-refractivity contribution is 0.104. The molecule has 0 saturated heterocycles. The van der Waals surface area contributed by atoms with Gasteiger partial charge in [0.05, 0.1) is 10.0 Å². The first-order chi connectivity index (χ1) is 9.08. The molecule has 96 valence electrons. The average Bonchev–Trinajstić information content (AvgIpc) is 2.41. The van der Waals surface area contributed by atoms with Crippen LogP contribution in [0.4, 0.5) is 4.39 Å². The van der Waals surface area contributed by atoms with Gasteiger partial charge in [0.2, 0.25) is 0 Å². The van der Waals surface area contributed by atoms with Gasteiger partial charge >= 0.3 is 0 Å². The smallest absolute Gasteiger partial charge is 0.187 e. The molecule has 5 heteroatoms. The van der Waals surface area contributed by atoms with Gasteiger partial charge in [0, 0.05) is 18.0 Å². The third-order valence-electron chi connectivity index (χ3n) is 2.39. The zero-order valence-electron chi connectivity index (χ0n) is 9.61. The van der Waals surface area contributed by atoms with Crippen molar-refractivity contribution in [2.45, 2.75) is 0 Å². The van der Waals surface area contributed by atoms with Gasteiger partial charge in [-0.05, 0) is 35.9 Å². The lowest BCUT2D eigenvalue weighted by Crippen LogP contribution is -1.97. The Balaban J connectivity index is 2.26. The van der Waals surface area contributed by atoms with Crippen LogP contribution in [0.3, 0.4) is 0 Å². The van der Waals surface area contributed by atoms with Crippen molar-refractivity contribution in [3.05, 3.63) is 69.7 Å². The summed E-state index contributed by atoms with van der Waals surface area (Å²) in [5, 5.41) is 0.00465. The highest BCUT2D eigenvalue weighted by Gasteiger charge is 2.11. The zero-order valence-corrected chi connectivity index (χ0v) is 11.1. The zero-order chi connectivity index (χ0) is 13.8. The summed E-state index contributed by atoms with van der Waals surface area (Å²) >= 11 is 11.4. The van der Waals surface area contributed by atoms with Gasteiger partial charge in [0.15, 0.2) is 5.78 Å². The highest BCUT2D eigenvalue weighted by molar-refractivity contribution is 6.37. The topological polar surface area (TPSA) is 30.0 Å². The van der Waals surface area contributed by atoms with Crippen molar-refractivity contribution in [1.29, 1.82) is 0 Å². The molecule has 0 spiro atoms. The van der Waals surface area contributed by atoms with Crippen LogP contribution in [0.1, 0.15) is 15.9 Å². The number of nitrogens with zero attached hydrogens (tertiary/aromatic N) is 1. The van der Waals surface area contributed by atoms with Gasteiger partial charge in [0.25, 0.3) is 0 Å². The van der Waals surface area contributed by atoms with Crippen LogP contribution < -0.4 is 0 Å². The predicted molar refractivity (Wildman–Crippen MR) is 74.0 cm³/mol. The van der Waals surface area contributed by atoms with Crippen LogP contribution in [0, 0.1) is 5.82 Å². The number of hydrogen-bond donors (Lipinski definition) is 0. The Morgan fingerprint density at radius 1 is 1.26 bits per heavy atom. The SMILES string of the molecule is O=C(C=Cc1cccnc1)c1cc(F)c(Cl)cc1Cl. The predicted octanol–water partition coefficient (Wildman–Crippen LogP) is 4.42. The molecule has 0 radical (unpaired) electrons. The number of ketones is 1. The van der Waals surface area contributed by atoms with Crippen LogP contribution in [0.2, 0.25) is 10.0 Å². The molecule has 0 atom stereocenters. The van der Waals surface area contributed by atoms with Crippen molar-refractivity contribution in [2.75, 3.05) is 0 Å². The van der Waals surface area contributed by atoms with E-state index < -0.39 is 11.6 Å². The molecule has 1 aromatic carbocycles. The van der Waals surface area contributed by atoms with E-state index in [1.807, 2.05) is 0 Å². The number of pyridine rings is 1. The Morgan fingerprint density at radius 2 is 2.05 bits per heavy atom. The van der Waals surface area contributed by atoms with Gasteiger partial charge in [-0.2, -0.15) is 0 Å². The number of allylic oxidation sites excluding steroid dienone is 1. The Kier molecular flexibility index (Phi) is 4.30. The van der Waals surface area contributed by atoms with Crippen molar-refractivity contribution >= 4 is 35.1 Å². The maximum atomic E-state index is 13.3. The Morgan fingerprint density at radius 3 is 2.74 bits per heavy atom. The van der Waals surface area contributed by atoms with Crippen LogP contribution in [0.5, 0.6) is 0 Å². The molecule has 0 aliphatic rings. The van der Waals surface area contributed by atoms with Crippen LogP contribution >= 0.6 is 23.2 Å². The minimum absolute atomic E-state index is 0.0729. The van der Waals surface area contributed by atoms with Gasteiger partial charge in [-0.25, -0.2) is 4.39 Å². The fourth-order valence-electron chi connectivity index (χ4n) is 1.45. The molecule has 2 aromatic rings. The van der Waals surface area contributed by atoms with Crippen LogP contribution in [-0.2, 0) is 0 Å². The number of benzene rings is 1. The Bertz CT molecular complexity index is 641. The fourth-order valence-corrected chi connectivity index (χ4v) is 1.92.